The van der Waals surface area contributed by atoms with E-state index in [0.717, 1.165) is 5.56 Å². The smallest absolute Gasteiger partial charge is 0.319 e. The standard InChI is InChI=1S/C20H19FN2O2/c1-2-20(16-10-12-17(21)13-11-16)18(24)23(19(25)22-20)14-6-9-15-7-4-3-5-8-15/h3-13H,2,14H2,1H3,(H,22,25)/b9-6+/t20-/m1/s1. The van der Waals surface area contributed by atoms with Gasteiger partial charge in [-0.05, 0) is 29.7 Å². The maximum absolute atomic E-state index is 13.2. The number of nitrogens with zero attached hydrogens (tertiary/aromatic N) is 1. The number of hydrogen-bond acceptors (Lipinski definition) is 2. The highest BCUT2D eigenvalue weighted by molar-refractivity contribution is 6.07. The molecule has 3 amide bonds. The van der Waals surface area contributed by atoms with Gasteiger partial charge in [0.15, 0.2) is 0 Å². The van der Waals surface area contributed by atoms with Crippen LogP contribution < -0.4 is 5.32 Å². The van der Waals surface area contributed by atoms with E-state index in [1.807, 2.05) is 43.3 Å². The van der Waals surface area contributed by atoms with Gasteiger partial charge in [-0.2, -0.15) is 0 Å². The average molecular weight is 338 g/mol. The van der Waals surface area contributed by atoms with Gasteiger partial charge < -0.3 is 5.32 Å². The zero-order valence-corrected chi connectivity index (χ0v) is 13.9. The van der Waals surface area contributed by atoms with Crippen molar-refractivity contribution in [2.75, 3.05) is 6.54 Å². The van der Waals surface area contributed by atoms with Crippen LogP contribution in [0.5, 0.6) is 0 Å². The summed E-state index contributed by atoms with van der Waals surface area (Å²) in [7, 11) is 0. The van der Waals surface area contributed by atoms with E-state index < -0.39 is 11.6 Å². The Morgan fingerprint density at radius 2 is 1.76 bits per heavy atom. The number of carbonyl (C=O) groups excluding carboxylic acids is 2. The minimum atomic E-state index is -1.13. The maximum Gasteiger partial charge on any atom is 0.325 e. The minimum Gasteiger partial charge on any atom is -0.319 e. The van der Waals surface area contributed by atoms with Crippen LogP contribution in [0.4, 0.5) is 9.18 Å². The van der Waals surface area contributed by atoms with Crippen LogP contribution in [-0.4, -0.2) is 23.4 Å². The van der Waals surface area contributed by atoms with Crippen molar-refractivity contribution >= 4 is 18.0 Å². The van der Waals surface area contributed by atoms with E-state index in [-0.39, 0.29) is 18.3 Å². The number of imide groups is 1. The van der Waals surface area contributed by atoms with Gasteiger partial charge in [-0.3, -0.25) is 9.69 Å². The lowest BCUT2D eigenvalue weighted by molar-refractivity contribution is -0.131. The first-order valence-corrected chi connectivity index (χ1v) is 8.18. The molecule has 1 saturated heterocycles. The van der Waals surface area contributed by atoms with Crippen molar-refractivity contribution in [3.05, 3.63) is 77.6 Å². The summed E-state index contributed by atoms with van der Waals surface area (Å²) in [5.74, 6) is -0.696. The fourth-order valence-electron chi connectivity index (χ4n) is 3.02. The molecule has 1 fully saturated rings. The second kappa shape index (κ2) is 6.89. The number of rotatable bonds is 5. The lowest BCUT2D eigenvalue weighted by Gasteiger charge is -2.25. The summed E-state index contributed by atoms with van der Waals surface area (Å²) in [6.07, 6.45) is 4.04. The molecule has 1 aliphatic heterocycles. The van der Waals surface area contributed by atoms with E-state index in [0.29, 0.717) is 12.0 Å². The van der Waals surface area contributed by atoms with E-state index >= 15 is 0 Å². The number of halogens is 1. The third-order valence-electron chi connectivity index (χ3n) is 4.44. The van der Waals surface area contributed by atoms with Crippen LogP contribution in [0.2, 0.25) is 0 Å². The molecule has 0 aliphatic carbocycles. The summed E-state index contributed by atoms with van der Waals surface area (Å²) in [5.41, 5.74) is 0.449. The molecular formula is C20H19FN2O2. The van der Waals surface area contributed by atoms with E-state index in [1.54, 1.807) is 18.2 Å². The summed E-state index contributed by atoms with van der Waals surface area (Å²) in [5, 5.41) is 2.78. The Hall–Kier alpha value is -2.95. The molecule has 3 rings (SSSR count). The van der Waals surface area contributed by atoms with Gasteiger partial charge in [0.05, 0.1) is 0 Å². The Labute approximate surface area is 146 Å². The van der Waals surface area contributed by atoms with Gasteiger partial charge in [-0.25, -0.2) is 9.18 Å². The highest BCUT2D eigenvalue weighted by Gasteiger charge is 2.50. The third kappa shape index (κ3) is 3.18. The van der Waals surface area contributed by atoms with Gasteiger partial charge in [0.1, 0.15) is 11.4 Å². The minimum absolute atomic E-state index is 0.183. The Balaban J connectivity index is 1.81. The average Bonchev–Trinajstić information content (AvgIpc) is 2.88. The topological polar surface area (TPSA) is 49.4 Å². The zero-order chi connectivity index (χ0) is 17.9. The van der Waals surface area contributed by atoms with E-state index in [9.17, 15) is 14.0 Å². The first-order chi connectivity index (χ1) is 12.1. The predicted octanol–water partition coefficient (Wildman–Crippen LogP) is 3.70. The lowest BCUT2D eigenvalue weighted by Crippen LogP contribution is -2.43. The fourth-order valence-corrected chi connectivity index (χ4v) is 3.02. The first-order valence-electron chi connectivity index (χ1n) is 8.18. The van der Waals surface area contributed by atoms with Crippen LogP contribution in [-0.2, 0) is 10.3 Å². The number of amides is 3. The Morgan fingerprint density at radius 3 is 2.40 bits per heavy atom. The molecule has 2 aromatic rings. The molecule has 0 aromatic heterocycles. The van der Waals surface area contributed by atoms with Crippen molar-refractivity contribution in [1.82, 2.24) is 10.2 Å². The van der Waals surface area contributed by atoms with Gasteiger partial charge in [0.2, 0.25) is 0 Å². The molecule has 1 N–H and O–H groups in total. The molecule has 1 heterocycles. The number of benzene rings is 2. The molecule has 0 bridgehead atoms. The van der Waals surface area contributed by atoms with E-state index in [1.165, 1.54) is 17.0 Å². The quantitative estimate of drug-likeness (QED) is 0.845. The number of urea groups is 1. The molecule has 2 aromatic carbocycles. The van der Waals surface area contributed by atoms with Crippen molar-refractivity contribution in [3.63, 3.8) is 0 Å². The Morgan fingerprint density at radius 1 is 1.08 bits per heavy atom. The fraction of sp³-hybridized carbons (Fsp3) is 0.200. The van der Waals surface area contributed by atoms with Gasteiger partial charge in [-0.15, -0.1) is 0 Å². The second-order valence-corrected chi connectivity index (χ2v) is 5.92. The zero-order valence-electron chi connectivity index (χ0n) is 13.9. The Bertz CT molecular complexity index is 802. The summed E-state index contributed by atoms with van der Waals surface area (Å²) in [4.78, 5) is 26.4. The normalized spacial score (nSPS) is 20.3. The van der Waals surface area contributed by atoms with Crippen LogP contribution in [0.25, 0.3) is 6.08 Å². The first kappa shape index (κ1) is 16.9. The van der Waals surface area contributed by atoms with Crippen LogP contribution in [0.1, 0.15) is 24.5 Å². The maximum atomic E-state index is 13.2. The molecule has 128 valence electrons. The second-order valence-electron chi connectivity index (χ2n) is 5.92. The highest BCUT2D eigenvalue weighted by atomic mass is 19.1. The van der Waals surface area contributed by atoms with Gasteiger partial charge >= 0.3 is 6.03 Å². The van der Waals surface area contributed by atoms with Gasteiger partial charge in [0, 0.05) is 6.54 Å². The molecule has 0 unspecified atom stereocenters. The van der Waals surface area contributed by atoms with Gasteiger partial charge in [0.25, 0.3) is 5.91 Å². The summed E-state index contributed by atoms with van der Waals surface area (Å²) < 4.78 is 13.2. The van der Waals surface area contributed by atoms with E-state index in [2.05, 4.69) is 5.32 Å². The molecular weight excluding hydrogens is 319 g/mol. The SMILES string of the molecule is CC[C@]1(c2ccc(F)cc2)NC(=O)N(C/C=C/c2ccccc2)C1=O. The van der Waals surface area contributed by atoms with Crippen LogP contribution >= 0.6 is 0 Å². The monoisotopic (exact) mass is 338 g/mol. The summed E-state index contributed by atoms with van der Waals surface area (Å²) in [6.45, 7) is 2.01. The molecule has 1 aliphatic rings. The Kier molecular flexibility index (Phi) is 4.65. The lowest BCUT2D eigenvalue weighted by atomic mass is 9.87. The molecule has 5 heteroatoms. The molecule has 0 spiro atoms. The summed E-state index contributed by atoms with van der Waals surface area (Å²) >= 11 is 0. The molecule has 1 atom stereocenters. The van der Waals surface area contributed by atoms with Crippen molar-refractivity contribution in [3.8, 4) is 0 Å². The van der Waals surface area contributed by atoms with Gasteiger partial charge in [-0.1, -0.05) is 61.5 Å². The van der Waals surface area contributed by atoms with Crippen molar-refractivity contribution < 1.29 is 14.0 Å². The molecule has 4 nitrogen and oxygen atoms in total. The number of nitrogens with one attached hydrogen (secondary N) is 1. The van der Waals surface area contributed by atoms with Crippen LogP contribution in [0.15, 0.2) is 60.7 Å². The highest BCUT2D eigenvalue weighted by Crippen LogP contribution is 2.32. The number of hydrogen-bond donors (Lipinski definition) is 1. The number of carbonyl (C=O) groups is 2. The van der Waals surface area contributed by atoms with Crippen LogP contribution in [0.3, 0.4) is 0 Å². The van der Waals surface area contributed by atoms with Crippen molar-refractivity contribution in [1.29, 1.82) is 0 Å². The van der Waals surface area contributed by atoms with Crippen molar-refractivity contribution in [2.45, 2.75) is 18.9 Å². The summed E-state index contributed by atoms with van der Waals surface area (Å²) in [6, 6.07) is 14.9. The molecule has 0 saturated carbocycles. The third-order valence-corrected chi connectivity index (χ3v) is 4.44. The van der Waals surface area contributed by atoms with Crippen molar-refractivity contribution in [2.24, 2.45) is 0 Å². The van der Waals surface area contributed by atoms with E-state index in [4.69, 9.17) is 0 Å². The predicted molar refractivity (Wildman–Crippen MR) is 94.1 cm³/mol. The largest absolute Gasteiger partial charge is 0.325 e. The molecule has 25 heavy (non-hydrogen) atoms. The van der Waals surface area contributed by atoms with Crippen LogP contribution in [0, 0.1) is 5.82 Å². The molecule has 0 radical (unpaired) electrons.